The largest absolute Gasteiger partial charge is 0.308 e. The van der Waals surface area contributed by atoms with Crippen LogP contribution in [0, 0.1) is 6.92 Å². The summed E-state index contributed by atoms with van der Waals surface area (Å²) in [6.07, 6.45) is 1.85. The molecule has 0 aliphatic carbocycles. The van der Waals surface area contributed by atoms with Gasteiger partial charge in [-0.25, -0.2) is 0 Å². The number of aryl methyl sites for hydroxylation is 1. The first-order valence-electron chi connectivity index (χ1n) is 5.20. The standard InChI is InChI=1S/C12H14ClN3/c1-9-11(8-15-16-9)7-14-6-10-2-4-12(13)5-3-10/h2-5,8,14H,6-7H2,1H3,(H,15,16). The van der Waals surface area contributed by atoms with Crippen LogP contribution in [0.4, 0.5) is 0 Å². The minimum Gasteiger partial charge on any atom is -0.308 e. The Morgan fingerprint density at radius 3 is 2.62 bits per heavy atom. The van der Waals surface area contributed by atoms with Crippen molar-refractivity contribution in [2.75, 3.05) is 0 Å². The number of aromatic nitrogens is 2. The Morgan fingerprint density at radius 1 is 1.25 bits per heavy atom. The molecular weight excluding hydrogens is 222 g/mol. The van der Waals surface area contributed by atoms with Crippen molar-refractivity contribution in [3.63, 3.8) is 0 Å². The highest BCUT2D eigenvalue weighted by Crippen LogP contribution is 2.09. The average Bonchev–Trinajstić information content (AvgIpc) is 2.68. The predicted octanol–water partition coefficient (Wildman–Crippen LogP) is 2.66. The number of nitrogens with one attached hydrogen (secondary N) is 2. The van der Waals surface area contributed by atoms with Gasteiger partial charge in [-0.2, -0.15) is 5.10 Å². The fourth-order valence-electron chi connectivity index (χ4n) is 1.50. The van der Waals surface area contributed by atoms with Gasteiger partial charge in [0.05, 0.1) is 6.20 Å². The van der Waals surface area contributed by atoms with Crippen LogP contribution in [0.1, 0.15) is 16.8 Å². The van der Waals surface area contributed by atoms with E-state index in [9.17, 15) is 0 Å². The third-order valence-electron chi connectivity index (χ3n) is 2.49. The molecule has 0 radical (unpaired) electrons. The van der Waals surface area contributed by atoms with Crippen LogP contribution in [0.2, 0.25) is 5.02 Å². The minimum atomic E-state index is 0.773. The summed E-state index contributed by atoms with van der Waals surface area (Å²) >= 11 is 5.81. The SMILES string of the molecule is Cc1[nH]ncc1CNCc1ccc(Cl)cc1. The number of rotatable bonds is 4. The number of H-pyrrole nitrogens is 1. The van der Waals surface area contributed by atoms with E-state index in [0.717, 1.165) is 23.8 Å². The Hall–Kier alpha value is -1.32. The van der Waals surface area contributed by atoms with Crippen LogP contribution in [0.5, 0.6) is 0 Å². The van der Waals surface area contributed by atoms with Gasteiger partial charge in [0.15, 0.2) is 0 Å². The van der Waals surface area contributed by atoms with Gasteiger partial charge in [-0.15, -0.1) is 0 Å². The lowest BCUT2D eigenvalue weighted by Crippen LogP contribution is -2.12. The summed E-state index contributed by atoms with van der Waals surface area (Å²) < 4.78 is 0. The van der Waals surface area contributed by atoms with E-state index in [1.807, 2.05) is 37.4 Å². The molecule has 0 amide bonds. The molecule has 0 spiro atoms. The van der Waals surface area contributed by atoms with E-state index >= 15 is 0 Å². The molecule has 1 aromatic heterocycles. The summed E-state index contributed by atoms with van der Waals surface area (Å²) in [6, 6.07) is 7.86. The Morgan fingerprint density at radius 2 is 2.00 bits per heavy atom. The van der Waals surface area contributed by atoms with Crippen LogP contribution in [0.25, 0.3) is 0 Å². The second kappa shape index (κ2) is 5.14. The maximum atomic E-state index is 5.81. The van der Waals surface area contributed by atoms with Gasteiger partial charge in [0.25, 0.3) is 0 Å². The topological polar surface area (TPSA) is 40.7 Å². The van der Waals surface area contributed by atoms with Crippen molar-refractivity contribution < 1.29 is 0 Å². The molecule has 3 nitrogen and oxygen atoms in total. The number of aromatic amines is 1. The molecule has 0 aliphatic heterocycles. The molecule has 4 heteroatoms. The summed E-state index contributed by atoms with van der Waals surface area (Å²) in [5.41, 5.74) is 3.54. The zero-order valence-electron chi connectivity index (χ0n) is 9.13. The van der Waals surface area contributed by atoms with Gasteiger partial charge < -0.3 is 5.32 Å². The maximum absolute atomic E-state index is 5.81. The predicted molar refractivity (Wildman–Crippen MR) is 65.3 cm³/mol. The van der Waals surface area contributed by atoms with Crippen LogP contribution in [0.15, 0.2) is 30.5 Å². The van der Waals surface area contributed by atoms with E-state index in [0.29, 0.717) is 0 Å². The minimum absolute atomic E-state index is 0.773. The quantitative estimate of drug-likeness (QED) is 0.856. The molecule has 0 fully saturated rings. The molecule has 0 saturated carbocycles. The molecule has 0 unspecified atom stereocenters. The molecule has 16 heavy (non-hydrogen) atoms. The second-order valence-electron chi connectivity index (χ2n) is 3.75. The van der Waals surface area contributed by atoms with Gasteiger partial charge in [-0.1, -0.05) is 23.7 Å². The highest BCUT2D eigenvalue weighted by atomic mass is 35.5. The normalized spacial score (nSPS) is 10.6. The molecule has 0 aliphatic rings. The van der Waals surface area contributed by atoms with E-state index in [-0.39, 0.29) is 0 Å². The molecule has 1 aromatic carbocycles. The van der Waals surface area contributed by atoms with Crippen molar-refractivity contribution in [2.45, 2.75) is 20.0 Å². The zero-order chi connectivity index (χ0) is 11.4. The van der Waals surface area contributed by atoms with Crippen LogP contribution < -0.4 is 5.32 Å². The van der Waals surface area contributed by atoms with E-state index in [4.69, 9.17) is 11.6 Å². The van der Waals surface area contributed by atoms with Gasteiger partial charge in [0.2, 0.25) is 0 Å². The molecule has 2 rings (SSSR count). The van der Waals surface area contributed by atoms with Gasteiger partial charge >= 0.3 is 0 Å². The molecule has 2 N–H and O–H groups in total. The van der Waals surface area contributed by atoms with E-state index < -0.39 is 0 Å². The second-order valence-corrected chi connectivity index (χ2v) is 4.19. The number of hydrogen-bond acceptors (Lipinski definition) is 2. The molecule has 0 saturated heterocycles. The third kappa shape index (κ3) is 2.84. The summed E-state index contributed by atoms with van der Waals surface area (Å²) in [5, 5.41) is 11.0. The third-order valence-corrected chi connectivity index (χ3v) is 2.74. The summed E-state index contributed by atoms with van der Waals surface area (Å²) in [5.74, 6) is 0. The zero-order valence-corrected chi connectivity index (χ0v) is 9.88. The van der Waals surface area contributed by atoms with Crippen molar-refractivity contribution in [3.8, 4) is 0 Å². The van der Waals surface area contributed by atoms with E-state index in [1.54, 1.807) is 0 Å². The van der Waals surface area contributed by atoms with Crippen LogP contribution >= 0.6 is 11.6 Å². The summed E-state index contributed by atoms with van der Waals surface area (Å²) in [6.45, 7) is 3.68. The van der Waals surface area contributed by atoms with Gasteiger partial charge in [0, 0.05) is 29.4 Å². The van der Waals surface area contributed by atoms with Gasteiger partial charge in [-0.3, -0.25) is 5.10 Å². The molecule has 84 valence electrons. The number of halogens is 1. The number of nitrogens with zero attached hydrogens (tertiary/aromatic N) is 1. The Bertz CT molecular complexity index is 448. The van der Waals surface area contributed by atoms with Crippen LogP contribution in [-0.4, -0.2) is 10.2 Å². The average molecular weight is 236 g/mol. The van der Waals surface area contributed by atoms with Crippen LogP contribution in [-0.2, 0) is 13.1 Å². The lowest BCUT2D eigenvalue weighted by Gasteiger charge is -2.04. The lowest BCUT2D eigenvalue weighted by atomic mass is 10.2. The van der Waals surface area contributed by atoms with Crippen LogP contribution in [0.3, 0.4) is 0 Å². The van der Waals surface area contributed by atoms with Crippen molar-refractivity contribution in [1.29, 1.82) is 0 Å². The molecule has 2 aromatic rings. The first kappa shape index (κ1) is 11.2. The van der Waals surface area contributed by atoms with Crippen molar-refractivity contribution >= 4 is 11.6 Å². The first-order chi connectivity index (χ1) is 7.75. The van der Waals surface area contributed by atoms with Crippen molar-refractivity contribution in [2.24, 2.45) is 0 Å². The molecule has 0 atom stereocenters. The smallest absolute Gasteiger partial charge is 0.0535 e. The van der Waals surface area contributed by atoms with Crippen molar-refractivity contribution in [1.82, 2.24) is 15.5 Å². The van der Waals surface area contributed by atoms with Gasteiger partial charge in [0.1, 0.15) is 0 Å². The fraction of sp³-hybridized carbons (Fsp3) is 0.250. The highest BCUT2D eigenvalue weighted by Gasteiger charge is 1.99. The lowest BCUT2D eigenvalue weighted by molar-refractivity contribution is 0.691. The van der Waals surface area contributed by atoms with E-state index in [2.05, 4.69) is 15.5 Å². The monoisotopic (exact) mass is 235 g/mol. The highest BCUT2D eigenvalue weighted by molar-refractivity contribution is 6.30. The Labute approximate surface area is 99.8 Å². The maximum Gasteiger partial charge on any atom is 0.0535 e. The summed E-state index contributed by atoms with van der Waals surface area (Å²) in [4.78, 5) is 0. The van der Waals surface area contributed by atoms with E-state index in [1.165, 1.54) is 11.1 Å². The molecule has 1 heterocycles. The summed E-state index contributed by atoms with van der Waals surface area (Å²) in [7, 11) is 0. The Kier molecular flexibility index (Phi) is 3.59. The molecular formula is C12H14ClN3. The van der Waals surface area contributed by atoms with Crippen molar-refractivity contribution in [3.05, 3.63) is 52.3 Å². The molecule has 0 bridgehead atoms. The number of hydrogen-bond donors (Lipinski definition) is 2. The number of benzene rings is 1. The Balaban J connectivity index is 1.84. The first-order valence-corrected chi connectivity index (χ1v) is 5.57. The fourth-order valence-corrected chi connectivity index (χ4v) is 1.62. The van der Waals surface area contributed by atoms with Gasteiger partial charge in [-0.05, 0) is 24.6 Å².